The van der Waals surface area contributed by atoms with Crippen molar-refractivity contribution in [3.8, 4) is 0 Å². The molecule has 0 aliphatic rings. The van der Waals surface area contributed by atoms with Crippen molar-refractivity contribution in [3.63, 3.8) is 0 Å². The van der Waals surface area contributed by atoms with Gasteiger partial charge in [0.05, 0.1) is 7.11 Å². The van der Waals surface area contributed by atoms with Gasteiger partial charge in [0.15, 0.2) is 0 Å². The molecule has 0 rings (SSSR count). The Hall–Kier alpha value is 0.0439. The molecule has 1 N–H and O–H groups in total. The van der Waals surface area contributed by atoms with E-state index in [0.717, 1.165) is 7.11 Å². The number of esters is 1. The molecule has 0 aromatic rings. The fourth-order valence-electron chi connectivity index (χ4n) is 0.196. The minimum atomic E-state index is -1.17. The number of carbonyl (C=O) groups is 2. The van der Waals surface area contributed by atoms with Crippen molar-refractivity contribution < 1.29 is 52.1 Å². The van der Waals surface area contributed by atoms with Crippen LogP contribution in [0.1, 0.15) is 21.3 Å². The number of carboxylic acids is 1. The number of carboxylic acid groups (broad SMARTS) is 1. The van der Waals surface area contributed by atoms with Crippen molar-refractivity contribution in [2.24, 2.45) is 0 Å². The molecule has 12 heavy (non-hydrogen) atoms. The maximum Gasteiger partial charge on any atom is 0.316 e. The van der Waals surface area contributed by atoms with Crippen LogP contribution in [0, 0.1) is 7.43 Å². The number of hydrogen-bond donors (Lipinski definition) is 1. The number of rotatable bonds is 2. The third-order valence-electron chi connectivity index (χ3n) is 0.523. The van der Waals surface area contributed by atoms with Gasteiger partial charge >= 0.3 is 11.9 Å². The maximum atomic E-state index is 10.0. The van der Waals surface area contributed by atoms with Crippen molar-refractivity contribution in [1.29, 1.82) is 0 Å². The van der Waals surface area contributed by atoms with Crippen LogP contribution >= 0.6 is 0 Å². The van der Waals surface area contributed by atoms with Crippen LogP contribution in [0.2, 0.25) is 0 Å². The molecular formula is C7H17O4Y-. The summed E-state index contributed by atoms with van der Waals surface area (Å²) in [5.41, 5.74) is 0. The van der Waals surface area contributed by atoms with E-state index in [-0.39, 0.29) is 55.0 Å². The Labute approximate surface area is 99.6 Å². The molecule has 0 saturated carbocycles. The van der Waals surface area contributed by atoms with Crippen LogP contribution in [-0.2, 0) is 47.0 Å². The summed E-state index contributed by atoms with van der Waals surface area (Å²) >= 11 is 0. The fourth-order valence-corrected chi connectivity index (χ4v) is 0.196. The molecule has 0 saturated heterocycles. The Morgan fingerprint density at radius 3 is 1.75 bits per heavy atom. The van der Waals surface area contributed by atoms with Crippen molar-refractivity contribution in [2.75, 3.05) is 7.11 Å². The summed E-state index contributed by atoms with van der Waals surface area (Å²) in [6.07, 6.45) is -0.559. The number of ether oxygens (including phenoxy) is 1. The van der Waals surface area contributed by atoms with Crippen LogP contribution in [0.3, 0.4) is 0 Å². The minimum absolute atomic E-state index is 0. The molecule has 5 heteroatoms. The van der Waals surface area contributed by atoms with E-state index in [2.05, 4.69) is 4.74 Å². The molecule has 0 aromatic carbocycles. The van der Waals surface area contributed by atoms with Crippen LogP contribution in [0.25, 0.3) is 0 Å². The quantitative estimate of drug-likeness (QED) is 0.459. The Morgan fingerprint density at radius 1 is 1.33 bits per heavy atom. The molecule has 0 atom stereocenters. The first-order chi connectivity index (χ1) is 3.66. The van der Waals surface area contributed by atoms with E-state index < -0.39 is 18.4 Å². The molecular weight excluding hydrogens is 237 g/mol. The Morgan fingerprint density at radius 2 is 1.67 bits per heavy atom. The topological polar surface area (TPSA) is 63.6 Å². The summed E-state index contributed by atoms with van der Waals surface area (Å²) in [5, 5.41) is 7.91. The average Bonchev–Trinajstić information content (AvgIpc) is 1.65. The normalized spacial score (nSPS) is 5.42. The van der Waals surface area contributed by atoms with Gasteiger partial charge < -0.3 is 17.3 Å². The van der Waals surface area contributed by atoms with Gasteiger partial charge in [0, 0.05) is 32.7 Å². The number of methoxy groups -OCH3 is 1. The maximum absolute atomic E-state index is 10.0. The Bertz CT molecular complexity index is 114. The van der Waals surface area contributed by atoms with Crippen LogP contribution in [0.5, 0.6) is 0 Å². The molecule has 0 unspecified atom stereocenters. The fraction of sp³-hybridized carbons (Fsp3) is 0.571. The zero-order valence-electron chi connectivity index (χ0n) is 5.96. The minimum Gasteiger partial charge on any atom is -0.481 e. The monoisotopic (exact) mass is 254 g/mol. The van der Waals surface area contributed by atoms with Gasteiger partial charge in [-0.05, 0) is 0 Å². The molecule has 0 aromatic heterocycles. The molecule has 73 valence electrons. The predicted molar refractivity (Wildman–Crippen MR) is 44.1 cm³/mol. The van der Waals surface area contributed by atoms with Crippen LogP contribution in [0.4, 0.5) is 0 Å². The van der Waals surface area contributed by atoms with Gasteiger partial charge in [0.1, 0.15) is 6.42 Å². The average molecular weight is 254 g/mol. The summed E-state index contributed by atoms with van der Waals surface area (Å²) in [6, 6.07) is 0. The predicted octanol–water partition coefficient (Wildman–Crippen LogP) is 1.35. The van der Waals surface area contributed by atoms with E-state index in [4.69, 9.17) is 5.11 Å². The van der Waals surface area contributed by atoms with E-state index in [9.17, 15) is 9.59 Å². The first-order valence-electron chi connectivity index (χ1n) is 1.95. The molecule has 0 aliphatic heterocycles. The third-order valence-corrected chi connectivity index (χ3v) is 0.523. The van der Waals surface area contributed by atoms with Gasteiger partial charge in [0.2, 0.25) is 0 Å². The van der Waals surface area contributed by atoms with Gasteiger partial charge in [-0.1, -0.05) is 14.9 Å². The van der Waals surface area contributed by atoms with E-state index in [0.29, 0.717) is 0 Å². The van der Waals surface area contributed by atoms with E-state index in [1.807, 2.05) is 0 Å². The molecule has 0 heterocycles. The third kappa shape index (κ3) is 22.5. The largest absolute Gasteiger partial charge is 0.481 e. The van der Waals surface area contributed by atoms with Crippen LogP contribution in [0.15, 0.2) is 0 Å². The van der Waals surface area contributed by atoms with Gasteiger partial charge in [-0.3, -0.25) is 9.59 Å². The van der Waals surface area contributed by atoms with Crippen LogP contribution in [-0.4, -0.2) is 24.2 Å². The molecule has 0 aliphatic carbocycles. The van der Waals surface area contributed by atoms with Gasteiger partial charge in [-0.15, -0.1) is 0 Å². The van der Waals surface area contributed by atoms with E-state index >= 15 is 0 Å². The summed E-state index contributed by atoms with van der Waals surface area (Å²) in [7, 11) is 1.14. The second-order valence-corrected chi connectivity index (χ2v) is 1.15. The van der Waals surface area contributed by atoms with Gasteiger partial charge in [0.25, 0.3) is 0 Å². The van der Waals surface area contributed by atoms with Crippen molar-refractivity contribution in [1.82, 2.24) is 0 Å². The molecule has 0 spiro atoms. The second-order valence-electron chi connectivity index (χ2n) is 1.15. The molecule has 0 amide bonds. The zero-order valence-corrected chi connectivity index (χ0v) is 8.79. The SMILES string of the molecule is C.C.COC(=O)CC(=O)O.[CH3-].[Y]. The zero-order chi connectivity index (χ0) is 6.57. The first kappa shape index (κ1) is 29.6. The van der Waals surface area contributed by atoms with Gasteiger partial charge in [-0.2, -0.15) is 0 Å². The van der Waals surface area contributed by atoms with Crippen LogP contribution < -0.4 is 0 Å². The summed E-state index contributed by atoms with van der Waals surface area (Å²) < 4.78 is 4.04. The van der Waals surface area contributed by atoms with Crippen molar-refractivity contribution in [2.45, 2.75) is 21.3 Å². The summed E-state index contributed by atoms with van der Waals surface area (Å²) in [5.74, 6) is -1.89. The summed E-state index contributed by atoms with van der Waals surface area (Å²) in [4.78, 5) is 19.7. The summed E-state index contributed by atoms with van der Waals surface area (Å²) in [6.45, 7) is 0. The van der Waals surface area contributed by atoms with Crippen molar-refractivity contribution in [3.05, 3.63) is 7.43 Å². The number of aliphatic carboxylic acids is 1. The first-order valence-corrected chi connectivity index (χ1v) is 1.95. The van der Waals surface area contributed by atoms with E-state index in [1.165, 1.54) is 0 Å². The molecule has 0 fully saturated rings. The standard InChI is InChI=1S/C4H6O4.2CH4.CH3.Y/c1-8-4(7)2-3(5)6;;;;/h2H2,1H3,(H,5,6);2*1H4;1H3;/q;;;-1;. The Kier molecular flexibility index (Phi) is 42.5. The van der Waals surface area contributed by atoms with Crippen molar-refractivity contribution >= 4 is 11.9 Å². The molecule has 1 radical (unpaired) electrons. The number of carbonyl (C=O) groups excluding carboxylic acids is 1. The smallest absolute Gasteiger partial charge is 0.316 e. The molecule has 0 bridgehead atoms. The molecule has 4 nitrogen and oxygen atoms in total. The van der Waals surface area contributed by atoms with E-state index in [1.54, 1.807) is 0 Å². The van der Waals surface area contributed by atoms with Gasteiger partial charge in [-0.25, -0.2) is 0 Å². The Balaban J connectivity index is -0.0000000408. The number of hydrogen-bond acceptors (Lipinski definition) is 3. The second kappa shape index (κ2) is 17.2.